The standard InChI is InChI=1S/C12H17F5O4/c1-3-20-9(18)8(10(19)21-4-2)6-5-7-11(13,14)12(15,16)17/h8H,3-7H2,1-2H3. The average molecular weight is 320 g/mol. The number of ether oxygens (including phenoxy) is 2. The molecular formula is C12H17F5O4. The number of alkyl halides is 5. The van der Waals surface area contributed by atoms with E-state index < -0.39 is 49.2 Å². The molecule has 0 aromatic heterocycles. The Hall–Kier alpha value is -1.41. The third-order valence-corrected chi connectivity index (χ3v) is 2.54. The van der Waals surface area contributed by atoms with Gasteiger partial charge in [0.1, 0.15) is 0 Å². The van der Waals surface area contributed by atoms with E-state index in [1.165, 1.54) is 13.8 Å². The number of hydrogen-bond donors (Lipinski definition) is 0. The Morgan fingerprint density at radius 2 is 1.38 bits per heavy atom. The molecule has 0 amide bonds. The van der Waals surface area contributed by atoms with Gasteiger partial charge in [-0.2, -0.15) is 22.0 Å². The normalized spacial score (nSPS) is 12.4. The minimum atomic E-state index is -5.66. The third-order valence-electron chi connectivity index (χ3n) is 2.54. The molecule has 0 bridgehead atoms. The monoisotopic (exact) mass is 320 g/mol. The molecule has 0 radical (unpaired) electrons. The highest BCUT2D eigenvalue weighted by atomic mass is 19.4. The van der Waals surface area contributed by atoms with E-state index in [2.05, 4.69) is 9.47 Å². The Bertz CT molecular complexity index is 336. The van der Waals surface area contributed by atoms with Crippen LogP contribution in [0.3, 0.4) is 0 Å². The molecule has 0 saturated heterocycles. The van der Waals surface area contributed by atoms with E-state index in [4.69, 9.17) is 0 Å². The maximum absolute atomic E-state index is 12.7. The van der Waals surface area contributed by atoms with E-state index in [1.54, 1.807) is 0 Å². The molecule has 0 spiro atoms. The van der Waals surface area contributed by atoms with Gasteiger partial charge in [0.25, 0.3) is 0 Å². The Kier molecular flexibility index (Phi) is 7.59. The van der Waals surface area contributed by atoms with Gasteiger partial charge in [-0.05, 0) is 26.7 Å². The summed E-state index contributed by atoms with van der Waals surface area (Å²) in [6.45, 7) is 2.84. The Morgan fingerprint density at radius 1 is 0.952 bits per heavy atom. The fourth-order valence-corrected chi connectivity index (χ4v) is 1.49. The summed E-state index contributed by atoms with van der Waals surface area (Å²) in [4.78, 5) is 23.0. The lowest BCUT2D eigenvalue weighted by Gasteiger charge is -2.20. The second-order valence-corrected chi connectivity index (χ2v) is 4.15. The fraction of sp³-hybridized carbons (Fsp3) is 0.833. The van der Waals surface area contributed by atoms with Gasteiger partial charge < -0.3 is 9.47 Å². The first kappa shape index (κ1) is 19.6. The number of esters is 2. The smallest absolute Gasteiger partial charge is 0.453 e. The summed E-state index contributed by atoms with van der Waals surface area (Å²) >= 11 is 0. The second kappa shape index (κ2) is 8.14. The van der Waals surface area contributed by atoms with Gasteiger partial charge in [0.2, 0.25) is 0 Å². The molecule has 0 saturated carbocycles. The number of halogens is 5. The highest BCUT2D eigenvalue weighted by Crippen LogP contribution is 2.39. The van der Waals surface area contributed by atoms with E-state index in [-0.39, 0.29) is 13.2 Å². The van der Waals surface area contributed by atoms with Crippen LogP contribution < -0.4 is 0 Å². The molecule has 0 unspecified atom stereocenters. The zero-order valence-corrected chi connectivity index (χ0v) is 11.6. The molecule has 4 nitrogen and oxygen atoms in total. The van der Waals surface area contributed by atoms with E-state index in [0.717, 1.165) is 0 Å². The predicted molar refractivity (Wildman–Crippen MR) is 61.6 cm³/mol. The Morgan fingerprint density at radius 3 is 1.71 bits per heavy atom. The van der Waals surface area contributed by atoms with Crippen molar-refractivity contribution < 1.29 is 41.0 Å². The van der Waals surface area contributed by atoms with Gasteiger partial charge >= 0.3 is 24.0 Å². The van der Waals surface area contributed by atoms with Crippen molar-refractivity contribution in [2.45, 2.75) is 45.2 Å². The topological polar surface area (TPSA) is 52.6 Å². The van der Waals surface area contributed by atoms with Crippen molar-refractivity contribution in [3.05, 3.63) is 0 Å². The first-order valence-electron chi connectivity index (χ1n) is 6.34. The largest absolute Gasteiger partial charge is 0.465 e. The van der Waals surface area contributed by atoms with Crippen LogP contribution in [0.5, 0.6) is 0 Å². The minimum Gasteiger partial charge on any atom is -0.465 e. The van der Waals surface area contributed by atoms with Gasteiger partial charge in [-0.1, -0.05) is 0 Å². The van der Waals surface area contributed by atoms with Gasteiger partial charge in [0.15, 0.2) is 5.92 Å². The van der Waals surface area contributed by atoms with E-state index in [0.29, 0.717) is 0 Å². The summed E-state index contributed by atoms with van der Waals surface area (Å²) < 4.78 is 70.5. The molecule has 0 N–H and O–H groups in total. The molecule has 0 aliphatic carbocycles. The van der Waals surface area contributed by atoms with Crippen molar-refractivity contribution in [1.29, 1.82) is 0 Å². The molecular weight excluding hydrogens is 303 g/mol. The number of carbonyl (C=O) groups excluding carboxylic acids is 2. The van der Waals surface area contributed by atoms with Gasteiger partial charge in [-0.15, -0.1) is 0 Å². The molecule has 0 aromatic carbocycles. The van der Waals surface area contributed by atoms with Crippen LogP contribution in [0, 0.1) is 5.92 Å². The molecule has 0 fully saturated rings. The van der Waals surface area contributed by atoms with Crippen molar-refractivity contribution in [3.63, 3.8) is 0 Å². The summed E-state index contributed by atoms with van der Waals surface area (Å²) in [7, 11) is 0. The van der Waals surface area contributed by atoms with Crippen LogP contribution in [-0.4, -0.2) is 37.3 Å². The number of hydrogen-bond acceptors (Lipinski definition) is 4. The highest BCUT2D eigenvalue weighted by molar-refractivity contribution is 5.94. The van der Waals surface area contributed by atoms with Gasteiger partial charge in [0.05, 0.1) is 13.2 Å². The molecule has 0 aromatic rings. The maximum atomic E-state index is 12.7. The molecule has 0 atom stereocenters. The van der Waals surface area contributed by atoms with E-state index in [9.17, 15) is 31.5 Å². The van der Waals surface area contributed by atoms with Gasteiger partial charge in [-0.25, -0.2) is 0 Å². The zero-order valence-electron chi connectivity index (χ0n) is 11.6. The molecule has 21 heavy (non-hydrogen) atoms. The molecule has 9 heteroatoms. The quantitative estimate of drug-likeness (QED) is 0.392. The first-order chi connectivity index (χ1) is 9.56. The van der Waals surface area contributed by atoms with Crippen LogP contribution in [-0.2, 0) is 19.1 Å². The van der Waals surface area contributed by atoms with E-state index >= 15 is 0 Å². The summed E-state index contributed by atoms with van der Waals surface area (Å²) in [5, 5.41) is 0. The van der Waals surface area contributed by atoms with Gasteiger partial charge in [-0.3, -0.25) is 9.59 Å². The van der Waals surface area contributed by atoms with Crippen LogP contribution in [0.15, 0.2) is 0 Å². The lowest BCUT2D eigenvalue weighted by atomic mass is 10.00. The summed E-state index contributed by atoms with van der Waals surface area (Å²) in [6.07, 6.45) is -8.33. The molecule has 0 aliphatic rings. The fourth-order valence-electron chi connectivity index (χ4n) is 1.49. The summed E-state index contributed by atoms with van der Waals surface area (Å²) in [5.41, 5.74) is 0. The van der Waals surface area contributed by atoms with Crippen LogP contribution in [0.25, 0.3) is 0 Å². The van der Waals surface area contributed by atoms with Crippen molar-refractivity contribution in [2.24, 2.45) is 5.92 Å². The second-order valence-electron chi connectivity index (χ2n) is 4.15. The summed E-state index contributed by atoms with van der Waals surface area (Å²) in [6, 6.07) is 0. The third kappa shape index (κ3) is 6.26. The lowest BCUT2D eigenvalue weighted by Crippen LogP contribution is -2.36. The minimum absolute atomic E-state index is 0.0482. The van der Waals surface area contributed by atoms with Crippen LogP contribution in [0.2, 0.25) is 0 Å². The lowest BCUT2D eigenvalue weighted by molar-refractivity contribution is -0.284. The SMILES string of the molecule is CCOC(=O)C(CCCC(F)(F)C(F)(F)F)C(=O)OCC. The highest BCUT2D eigenvalue weighted by Gasteiger charge is 2.56. The number of carbonyl (C=O) groups is 2. The zero-order chi connectivity index (χ0) is 16.7. The predicted octanol–water partition coefficient (Wildman–Crippen LogP) is 3.10. The van der Waals surface area contributed by atoms with Crippen LogP contribution in [0.1, 0.15) is 33.1 Å². The van der Waals surface area contributed by atoms with Crippen molar-refractivity contribution >= 4 is 11.9 Å². The molecule has 0 heterocycles. The van der Waals surface area contributed by atoms with Gasteiger partial charge in [0, 0.05) is 6.42 Å². The van der Waals surface area contributed by atoms with E-state index in [1.807, 2.05) is 0 Å². The Labute approximate surface area is 118 Å². The first-order valence-corrected chi connectivity index (χ1v) is 6.34. The molecule has 124 valence electrons. The molecule has 0 rings (SSSR count). The Balaban J connectivity index is 4.63. The van der Waals surface area contributed by atoms with Crippen molar-refractivity contribution in [3.8, 4) is 0 Å². The molecule has 0 aliphatic heterocycles. The average Bonchev–Trinajstić information content (AvgIpc) is 2.33. The van der Waals surface area contributed by atoms with Crippen LogP contribution >= 0.6 is 0 Å². The van der Waals surface area contributed by atoms with Crippen LogP contribution in [0.4, 0.5) is 22.0 Å². The van der Waals surface area contributed by atoms with Crippen molar-refractivity contribution in [1.82, 2.24) is 0 Å². The summed E-state index contributed by atoms with van der Waals surface area (Å²) in [5.74, 6) is -8.34. The maximum Gasteiger partial charge on any atom is 0.453 e. The number of rotatable bonds is 8. The van der Waals surface area contributed by atoms with Crippen molar-refractivity contribution in [2.75, 3.05) is 13.2 Å².